The maximum absolute atomic E-state index is 13.2. The first-order valence-electron chi connectivity index (χ1n) is 12.3. The zero-order chi connectivity index (χ0) is 27.1. The van der Waals surface area contributed by atoms with Gasteiger partial charge in [0.15, 0.2) is 0 Å². The van der Waals surface area contributed by atoms with Crippen LogP contribution in [0.3, 0.4) is 0 Å². The van der Waals surface area contributed by atoms with Gasteiger partial charge in [-0.3, -0.25) is 19.2 Å². The van der Waals surface area contributed by atoms with Gasteiger partial charge in [-0.05, 0) is 30.4 Å². The van der Waals surface area contributed by atoms with Crippen LogP contribution in [0.25, 0.3) is 10.9 Å². The summed E-state index contributed by atoms with van der Waals surface area (Å²) in [6.07, 6.45) is 2.98. The van der Waals surface area contributed by atoms with Crippen molar-refractivity contribution >= 4 is 40.5 Å². The Labute approximate surface area is 214 Å². The smallest absolute Gasteiger partial charge is 0.326 e. The molecule has 0 radical (unpaired) electrons. The predicted molar refractivity (Wildman–Crippen MR) is 135 cm³/mol. The van der Waals surface area contributed by atoms with Crippen LogP contribution in [0, 0.1) is 5.92 Å². The number of H-pyrrole nitrogens is 1. The molecule has 1 aromatic heterocycles. The number of hydrogen-bond donors (Lipinski definition) is 6. The number of nitrogens with zero attached hydrogens (tertiary/aromatic N) is 1. The maximum Gasteiger partial charge on any atom is 0.326 e. The molecule has 0 saturated carbocycles. The van der Waals surface area contributed by atoms with Gasteiger partial charge in [0.2, 0.25) is 23.6 Å². The molecule has 2 heterocycles. The largest absolute Gasteiger partial charge is 0.480 e. The van der Waals surface area contributed by atoms with Crippen molar-refractivity contribution in [2.24, 2.45) is 11.7 Å². The highest BCUT2D eigenvalue weighted by Crippen LogP contribution is 2.21. The monoisotopic (exact) mass is 514 g/mol. The zero-order valence-corrected chi connectivity index (χ0v) is 21.0. The predicted octanol–water partition coefficient (Wildman–Crippen LogP) is -0.513. The summed E-state index contributed by atoms with van der Waals surface area (Å²) < 4.78 is 0. The van der Waals surface area contributed by atoms with E-state index in [1.54, 1.807) is 20.0 Å². The van der Waals surface area contributed by atoms with Crippen LogP contribution in [0.15, 0.2) is 30.5 Å². The third kappa shape index (κ3) is 6.85. The van der Waals surface area contributed by atoms with Crippen LogP contribution >= 0.6 is 0 Å². The minimum atomic E-state index is -1.17. The zero-order valence-electron chi connectivity index (χ0n) is 21.0. The van der Waals surface area contributed by atoms with Crippen LogP contribution in [-0.4, -0.2) is 82.3 Å². The molecule has 0 spiro atoms. The summed E-state index contributed by atoms with van der Waals surface area (Å²) in [5.41, 5.74) is 7.13. The van der Waals surface area contributed by atoms with Gasteiger partial charge in [0.25, 0.3) is 0 Å². The summed E-state index contributed by atoms with van der Waals surface area (Å²) in [6, 6.07) is 4.63. The Morgan fingerprint density at radius 3 is 2.57 bits per heavy atom. The molecule has 37 heavy (non-hydrogen) atoms. The molecular formula is C25H34N6O6. The third-order valence-electron chi connectivity index (χ3n) is 6.45. The molecule has 2 aromatic rings. The van der Waals surface area contributed by atoms with E-state index in [4.69, 9.17) is 5.73 Å². The molecule has 1 aromatic carbocycles. The molecule has 0 aliphatic carbocycles. The van der Waals surface area contributed by atoms with E-state index in [-0.39, 0.29) is 24.8 Å². The lowest BCUT2D eigenvalue weighted by Crippen LogP contribution is -2.55. The van der Waals surface area contributed by atoms with E-state index in [0.29, 0.717) is 19.4 Å². The fourth-order valence-electron chi connectivity index (χ4n) is 4.48. The lowest BCUT2D eigenvalue weighted by molar-refractivity contribution is -0.143. The SMILES string of the molecule is CC(C)[C@H](NC(=O)CNC(=O)[C@H](Cc1c[nH]c2ccccc12)NC(=O)[C@@H]1CCCN1C(=O)CN)C(=O)O. The van der Waals surface area contributed by atoms with Crippen molar-refractivity contribution in [3.63, 3.8) is 0 Å². The summed E-state index contributed by atoms with van der Waals surface area (Å²) in [6.45, 7) is 3.05. The normalized spacial score (nSPS) is 16.9. The summed E-state index contributed by atoms with van der Waals surface area (Å²) in [7, 11) is 0. The molecule has 12 nitrogen and oxygen atoms in total. The quantitative estimate of drug-likeness (QED) is 0.233. The number of aromatic nitrogens is 1. The van der Waals surface area contributed by atoms with Crippen molar-refractivity contribution in [1.29, 1.82) is 0 Å². The minimum absolute atomic E-state index is 0.129. The molecule has 200 valence electrons. The Balaban J connectivity index is 1.74. The second-order valence-electron chi connectivity index (χ2n) is 9.42. The number of fused-ring (bicyclic) bond motifs is 1. The van der Waals surface area contributed by atoms with E-state index in [2.05, 4.69) is 20.9 Å². The first-order valence-corrected chi connectivity index (χ1v) is 12.3. The molecule has 0 unspecified atom stereocenters. The fraction of sp³-hybridized carbons (Fsp3) is 0.480. The van der Waals surface area contributed by atoms with Crippen molar-refractivity contribution in [3.8, 4) is 0 Å². The van der Waals surface area contributed by atoms with Gasteiger partial charge in [0, 0.05) is 30.1 Å². The Kier molecular flexibility index (Phi) is 9.23. The number of hydrogen-bond acceptors (Lipinski definition) is 6. The number of aromatic amines is 1. The minimum Gasteiger partial charge on any atom is -0.480 e. The number of benzene rings is 1. The van der Waals surface area contributed by atoms with Crippen LogP contribution in [-0.2, 0) is 30.4 Å². The van der Waals surface area contributed by atoms with E-state index in [1.165, 1.54) is 4.90 Å². The average Bonchev–Trinajstić information content (AvgIpc) is 3.52. The van der Waals surface area contributed by atoms with Crippen molar-refractivity contribution in [2.75, 3.05) is 19.6 Å². The van der Waals surface area contributed by atoms with Gasteiger partial charge in [0.05, 0.1) is 13.1 Å². The highest BCUT2D eigenvalue weighted by molar-refractivity contribution is 5.95. The number of carbonyl (C=O) groups excluding carboxylic acids is 4. The molecule has 3 rings (SSSR count). The van der Waals surface area contributed by atoms with E-state index in [9.17, 15) is 29.1 Å². The van der Waals surface area contributed by atoms with Gasteiger partial charge in [0.1, 0.15) is 18.1 Å². The first-order chi connectivity index (χ1) is 17.6. The number of rotatable bonds is 11. The van der Waals surface area contributed by atoms with Gasteiger partial charge in [-0.1, -0.05) is 32.0 Å². The summed E-state index contributed by atoms with van der Waals surface area (Å²) in [5, 5.41) is 17.8. The maximum atomic E-state index is 13.2. The van der Waals surface area contributed by atoms with Crippen molar-refractivity contribution < 1.29 is 29.1 Å². The molecule has 0 bridgehead atoms. The Morgan fingerprint density at radius 2 is 1.89 bits per heavy atom. The van der Waals surface area contributed by atoms with Crippen LogP contribution in [0.1, 0.15) is 32.3 Å². The van der Waals surface area contributed by atoms with E-state index in [0.717, 1.165) is 16.5 Å². The van der Waals surface area contributed by atoms with Crippen LogP contribution in [0.2, 0.25) is 0 Å². The van der Waals surface area contributed by atoms with Gasteiger partial charge in [-0.15, -0.1) is 0 Å². The number of carboxylic acid groups (broad SMARTS) is 1. The van der Waals surface area contributed by atoms with Gasteiger partial charge in [-0.25, -0.2) is 4.79 Å². The number of nitrogens with two attached hydrogens (primary N) is 1. The number of aliphatic carboxylic acids is 1. The molecule has 12 heteroatoms. The van der Waals surface area contributed by atoms with E-state index < -0.39 is 48.4 Å². The highest BCUT2D eigenvalue weighted by Gasteiger charge is 2.35. The molecule has 1 fully saturated rings. The molecule has 7 N–H and O–H groups in total. The summed E-state index contributed by atoms with van der Waals surface area (Å²) in [4.78, 5) is 66.7. The van der Waals surface area contributed by atoms with Gasteiger partial charge in [-0.2, -0.15) is 0 Å². The number of carboxylic acids is 1. The average molecular weight is 515 g/mol. The topological polar surface area (TPSA) is 187 Å². The van der Waals surface area contributed by atoms with Crippen molar-refractivity contribution in [1.82, 2.24) is 25.8 Å². The van der Waals surface area contributed by atoms with Gasteiger partial charge < -0.3 is 36.7 Å². The molecular weight excluding hydrogens is 480 g/mol. The third-order valence-corrected chi connectivity index (χ3v) is 6.45. The molecule has 1 aliphatic rings. The molecule has 4 amide bonds. The van der Waals surface area contributed by atoms with E-state index >= 15 is 0 Å². The fourth-order valence-corrected chi connectivity index (χ4v) is 4.48. The highest BCUT2D eigenvalue weighted by atomic mass is 16.4. The Hall–Kier alpha value is -3.93. The Bertz CT molecular complexity index is 1160. The molecule has 1 aliphatic heterocycles. The molecule has 3 atom stereocenters. The van der Waals surface area contributed by atoms with Gasteiger partial charge >= 0.3 is 5.97 Å². The standard InChI is InChI=1S/C25H34N6O6/c1-14(2)22(25(36)37)30-20(32)13-28-23(34)18(10-15-12-27-17-7-4-3-6-16(15)17)29-24(35)19-8-5-9-31(19)21(33)11-26/h3-4,6-7,12,14,18-19,22,27H,5,8-11,13,26H2,1-2H3,(H,28,34)(H,29,35)(H,30,32)(H,36,37)/t18-,19-,22-/m0/s1. The van der Waals surface area contributed by atoms with Crippen molar-refractivity contribution in [3.05, 3.63) is 36.0 Å². The summed E-state index contributed by atoms with van der Waals surface area (Å²) in [5.74, 6) is -3.62. The van der Waals surface area contributed by atoms with E-state index in [1.807, 2.05) is 24.3 Å². The lowest BCUT2D eigenvalue weighted by atomic mass is 10.0. The number of para-hydroxylation sites is 1. The number of nitrogens with one attached hydrogen (secondary N) is 4. The second kappa shape index (κ2) is 12.3. The van der Waals surface area contributed by atoms with Crippen LogP contribution in [0.5, 0.6) is 0 Å². The Morgan fingerprint density at radius 1 is 1.16 bits per heavy atom. The van der Waals surface area contributed by atoms with Crippen LogP contribution in [0.4, 0.5) is 0 Å². The second-order valence-corrected chi connectivity index (χ2v) is 9.42. The molecule has 1 saturated heterocycles. The van der Waals surface area contributed by atoms with Crippen molar-refractivity contribution in [2.45, 2.75) is 51.2 Å². The van der Waals surface area contributed by atoms with Crippen LogP contribution < -0.4 is 21.7 Å². The lowest BCUT2D eigenvalue weighted by Gasteiger charge is -2.26. The number of likely N-dealkylation sites (tertiary alicyclic amines) is 1. The number of carbonyl (C=O) groups is 5. The number of amides is 4. The first kappa shape index (κ1) is 27.7. The summed E-state index contributed by atoms with van der Waals surface area (Å²) >= 11 is 0.